The highest BCUT2D eigenvalue weighted by atomic mass is 16.3. The smallest absolute Gasteiger partial charge is 0.167 e. The number of aromatic nitrogens is 3. The van der Waals surface area contributed by atoms with Crippen molar-refractivity contribution >= 4 is 43.9 Å². The van der Waals surface area contributed by atoms with Gasteiger partial charge in [-0.3, -0.25) is 0 Å². The predicted octanol–water partition coefficient (Wildman–Crippen LogP) is 10.3. The Morgan fingerprint density at radius 3 is 2.11 bits per heavy atom. The van der Waals surface area contributed by atoms with Gasteiger partial charge in [0.2, 0.25) is 0 Å². The number of benzene rings is 6. The van der Waals surface area contributed by atoms with Gasteiger partial charge < -0.3 is 8.83 Å². The van der Waals surface area contributed by atoms with Crippen molar-refractivity contribution in [2.24, 2.45) is 0 Å². The van der Waals surface area contributed by atoms with Gasteiger partial charge in [-0.15, -0.1) is 0 Å². The first kappa shape index (κ1) is 16.0. The molecule has 0 unspecified atom stereocenters. The first-order chi connectivity index (χ1) is 26.4. The molecule has 3 heterocycles. The number of hydrogen-bond donors (Lipinski definition) is 0. The van der Waals surface area contributed by atoms with Crippen molar-refractivity contribution in [3.63, 3.8) is 0 Å². The summed E-state index contributed by atoms with van der Waals surface area (Å²) >= 11 is 0. The lowest BCUT2D eigenvalue weighted by molar-refractivity contribution is 0.668. The summed E-state index contributed by atoms with van der Waals surface area (Å²) in [6.07, 6.45) is 0. The van der Waals surface area contributed by atoms with Crippen molar-refractivity contribution < 1.29 is 23.9 Å². The Morgan fingerprint density at radius 1 is 0.455 bits per heavy atom. The fraction of sp³-hybridized carbons (Fsp3) is 0. The van der Waals surface area contributed by atoms with Gasteiger partial charge in [0.15, 0.2) is 17.5 Å². The van der Waals surface area contributed by atoms with Crippen LogP contribution in [0, 0.1) is 0 Å². The van der Waals surface area contributed by atoms with Gasteiger partial charge >= 0.3 is 0 Å². The van der Waals surface area contributed by atoms with Crippen LogP contribution in [0.4, 0.5) is 0 Å². The third-order valence-electron chi connectivity index (χ3n) is 7.36. The van der Waals surface area contributed by atoms with Crippen molar-refractivity contribution in [3.8, 4) is 45.3 Å². The second-order valence-corrected chi connectivity index (χ2v) is 9.96. The molecule has 0 aliphatic carbocycles. The average molecular weight is 577 g/mol. The summed E-state index contributed by atoms with van der Waals surface area (Å²) in [7, 11) is 0. The molecule has 9 rings (SSSR count). The minimum absolute atomic E-state index is 0.0915. The molecule has 0 saturated heterocycles. The molecule has 0 saturated carbocycles. The molecule has 0 amide bonds. The van der Waals surface area contributed by atoms with Crippen molar-refractivity contribution in [2.45, 2.75) is 0 Å². The summed E-state index contributed by atoms with van der Waals surface area (Å²) in [5.74, 6) is 0.209. The van der Waals surface area contributed by atoms with Crippen LogP contribution in [-0.2, 0) is 0 Å². The molecule has 206 valence electrons. The summed E-state index contributed by atoms with van der Waals surface area (Å²) in [6.45, 7) is 0. The number of para-hydroxylation sites is 2. The summed E-state index contributed by atoms with van der Waals surface area (Å²) < 4.78 is 108. The van der Waals surface area contributed by atoms with Gasteiger partial charge in [-0.1, -0.05) is 109 Å². The van der Waals surface area contributed by atoms with Crippen LogP contribution in [-0.4, -0.2) is 15.0 Å². The van der Waals surface area contributed by atoms with Crippen LogP contribution in [0.5, 0.6) is 0 Å². The third-order valence-corrected chi connectivity index (χ3v) is 7.36. The van der Waals surface area contributed by atoms with E-state index in [1.807, 2.05) is 42.5 Å². The highest BCUT2D eigenvalue weighted by molar-refractivity contribution is 6.13. The molecule has 5 heteroatoms. The monoisotopic (exact) mass is 576 g/mol. The molecule has 0 fully saturated rings. The van der Waals surface area contributed by atoms with Gasteiger partial charge in [0.1, 0.15) is 22.3 Å². The lowest BCUT2D eigenvalue weighted by Gasteiger charge is -2.09. The Bertz CT molecular complexity index is 3100. The molecule has 0 aliphatic rings. The zero-order chi connectivity index (χ0) is 38.6. The minimum Gasteiger partial charge on any atom is -0.456 e. The second kappa shape index (κ2) is 9.75. The number of rotatable bonds is 4. The quantitative estimate of drug-likeness (QED) is 0.209. The zero-order valence-electron chi connectivity index (χ0n) is 33.6. The molecule has 5 nitrogen and oxygen atoms in total. The number of fused-ring (bicyclic) bond motifs is 6. The van der Waals surface area contributed by atoms with E-state index in [1.165, 1.54) is 0 Å². The SMILES string of the molecule is [2H]c1c([2H])c([2H])c(-c2c([2H])c([2H])c3oc4c([2H])c([2H])c([2H])c(-c5nc(-c6ccccc6)nc(-c6cccc7c6oc6ccccc67)n5)c4c3c2[2H])c([2H])c1[2H]. The average Bonchev–Trinajstić information content (AvgIpc) is 3.79. The maximum Gasteiger partial charge on any atom is 0.167 e. The standard InChI is InChI=1S/C39H23N3O2/c1-3-11-24(12-4-1)26-21-22-33-31(23-26)35-29(17-10-20-34(35)43-33)38-40-37(25-13-5-2-6-14-25)41-39(42-38)30-18-9-16-28-27-15-7-8-19-32(27)44-36(28)30/h1-23H/i1D,3D,4D,10D,11D,12D,17D,20D,21D,22D,23D. The molecule has 0 atom stereocenters. The van der Waals surface area contributed by atoms with Gasteiger partial charge in [-0.25, -0.2) is 15.0 Å². The van der Waals surface area contributed by atoms with Gasteiger partial charge in [0.25, 0.3) is 0 Å². The number of furan rings is 2. The Morgan fingerprint density at radius 2 is 1.23 bits per heavy atom. The van der Waals surface area contributed by atoms with E-state index in [4.69, 9.17) is 36.1 Å². The Labute approximate surface area is 267 Å². The Hall–Kier alpha value is -6.07. The van der Waals surface area contributed by atoms with E-state index in [9.17, 15) is 2.74 Å². The highest BCUT2D eigenvalue weighted by Crippen LogP contribution is 2.39. The maximum absolute atomic E-state index is 9.42. The molecule has 9 aromatic rings. The molecule has 0 bridgehead atoms. The second-order valence-electron chi connectivity index (χ2n) is 9.96. The van der Waals surface area contributed by atoms with Crippen LogP contribution in [0.25, 0.3) is 89.2 Å². The van der Waals surface area contributed by atoms with Gasteiger partial charge in [0.05, 0.1) is 20.6 Å². The Balaban J connectivity index is 1.42. The van der Waals surface area contributed by atoms with Crippen LogP contribution in [0.2, 0.25) is 0 Å². The molecule has 44 heavy (non-hydrogen) atoms. The number of hydrogen-bond acceptors (Lipinski definition) is 5. The maximum atomic E-state index is 9.42. The van der Waals surface area contributed by atoms with Crippen LogP contribution < -0.4 is 0 Å². The van der Waals surface area contributed by atoms with Crippen molar-refractivity contribution in [2.75, 3.05) is 0 Å². The molecule has 3 aromatic heterocycles. The molecule has 0 N–H and O–H groups in total. The minimum atomic E-state index is -0.689. The number of nitrogens with zero attached hydrogens (tertiary/aromatic N) is 3. The normalized spacial score (nSPS) is 15.1. The fourth-order valence-corrected chi connectivity index (χ4v) is 5.37. The van der Waals surface area contributed by atoms with Crippen LogP contribution >= 0.6 is 0 Å². The third kappa shape index (κ3) is 3.91. The first-order valence-electron chi connectivity index (χ1n) is 19.1. The van der Waals surface area contributed by atoms with E-state index in [0.29, 0.717) is 22.3 Å². The topological polar surface area (TPSA) is 65.0 Å². The van der Waals surface area contributed by atoms with Crippen LogP contribution in [0.15, 0.2) is 148 Å². The lowest BCUT2D eigenvalue weighted by atomic mass is 10.0. The molecular formula is C39H23N3O2. The Kier molecular flexibility index (Phi) is 3.54. The molecule has 0 aliphatic heterocycles. The lowest BCUT2D eigenvalue weighted by Crippen LogP contribution is -2.00. The van der Waals surface area contributed by atoms with E-state index >= 15 is 0 Å². The van der Waals surface area contributed by atoms with E-state index in [1.54, 1.807) is 30.3 Å². The van der Waals surface area contributed by atoms with Gasteiger partial charge in [-0.2, -0.15) is 0 Å². The summed E-state index contributed by atoms with van der Waals surface area (Å²) in [4.78, 5) is 14.4. The predicted molar refractivity (Wildman–Crippen MR) is 176 cm³/mol. The van der Waals surface area contributed by atoms with E-state index < -0.39 is 77.6 Å². The van der Waals surface area contributed by atoms with Crippen LogP contribution in [0.3, 0.4) is 0 Å². The fourth-order valence-electron chi connectivity index (χ4n) is 5.37. The largest absolute Gasteiger partial charge is 0.456 e. The van der Waals surface area contributed by atoms with Crippen LogP contribution in [0.1, 0.15) is 15.1 Å². The summed E-state index contributed by atoms with van der Waals surface area (Å²) in [5, 5.41) is 1.41. The molecule has 0 radical (unpaired) electrons. The highest BCUT2D eigenvalue weighted by Gasteiger charge is 2.20. The zero-order valence-corrected chi connectivity index (χ0v) is 22.6. The molecule has 0 spiro atoms. The van der Waals surface area contributed by atoms with E-state index in [2.05, 4.69) is 0 Å². The van der Waals surface area contributed by atoms with Crippen molar-refractivity contribution in [1.29, 1.82) is 0 Å². The van der Waals surface area contributed by atoms with E-state index in [0.717, 1.165) is 10.8 Å². The summed E-state index contributed by atoms with van der Waals surface area (Å²) in [5.41, 5.74) is 0.571. The van der Waals surface area contributed by atoms with Crippen molar-refractivity contribution in [1.82, 2.24) is 15.0 Å². The first-order valence-corrected chi connectivity index (χ1v) is 13.6. The molecule has 6 aromatic carbocycles. The summed E-state index contributed by atoms with van der Waals surface area (Å²) in [6, 6.07) is 15.3. The van der Waals surface area contributed by atoms with Crippen molar-refractivity contribution in [3.05, 3.63) is 139 Å². The van der Waals surface area contributed by atoms with Gasteiger partial charge in [0, 0.05) is 32.7 Å². The van der Waals surface area contributed by atoms with Gasteiger partial charge in [-0.05, 0) is 41.4 Å². The van der Waals surface area contributed by atoms with E-state index in [-0.39, 0.29) is 45.0 Å². The molecular weight excluding hydrogens is 542 g/mol.